The highest BCUT2D eigenvalue weighted by Gasteiger charge is 2.50. The van der Waals surface area contributed by atoms with Gasteiger partial charge in [-0.2, -0.15) is 5.10 Å². The Morgan fingerprint density at radius 1 is 1.04 bits per heavy atom. The Labute approximate surface area is 145 Å². The zero-order valence-electron chi connectivity index (χ0n) is 13.7. The predicted octanol–water partition coefficient (Wildman–Crippen LogP) is 3.22. The van der Waals surface area contributed by atoms with Gasteiger partial charge in [0.25, 0.3) is 5.91 Å². The lowest BCUT2D eigenvalue weighted by Crippen LogP contribution is -2.45. The Kier molecular flexibility index (Phi) is 2.98. The summed E-state index contributed by atoms with van der Waals surface area (Å²) in [5.41, 5.74) is 4.93. The fourth-order valence-corrected chi connectivity index (χ4v) is 3.96. The molecule has 1 atom stereocenters. The Bertz CT molecular complexity index is 906. The number of nitrogens with one attached hydrogen (secondary N) is 2. The van der Waals surface area contributed by atoms with Crippen LogP contribution in [-0.4, -0.2) is 28.2 Å². The molecule has 1 fully saturated rings. The molecule has 5 rings (SSSR count). The van der Waals surface area contributed by atoms with E-state index in [1.54, 1.807) is 6.20 Å². The molecule has 25 heavy (non-hydrogen) atoms. The number of amides is 1. The van der Waals surface area contributed by atoms with Crippen molar-refractivity contribution < 1.29 is 4.79 Å². The first kappa shape index (κ1) is 14.3. The number of nitrogens with zero attached hydrogens (tertiary/aromatic N) is 2. The number of carbonyl (C=O) groups is 1. The molecule has 2 aliphatic rings. The fraction of sp³-hybridized carbons (Fsp3) is 0.200. The van der Waals surface area contributed by atoms with Crippen molar-refractivity contribution >= 4 is 17.3 Å². The van der Waals surface area contributed by atoms with E-state index in [1.165, 1.54) is 5.56 Å². The van der Waals surface area contributed by atoms with Gasteiger partial charge in [-0.25, -0.2) is 0 Å². The minimum absolute atomic E-state index is 0.166. The van der Waals surface area contributed by atoms with Crippen molar-refractivity contribution in [3.8, 4) is 11.1 Å². The number of benzene rings is 2. The van der Waals surface area contributed by atoms with Gasteiger partial charge in [-0.3, -0.25) is 9.89 Å². The van der Waals surface area contributed by atoms with Gasteiger partial charge < -0.3 is 10.2 Å². The second-order valence-electron chi connectivity index (χ2n) is 6.78. The summed E-state index contributed by atoms with van der Waals surface area (Å²) in [5.74, 6) is 0.166. The standard InChI is InChI=1S/C20H18N4O/c25-19-20(11-15-3-1-2-4-18(15)23-20)9-10-24(19)17-7-5-14(6-8-17)16-12-21-22-13-16/h1-8,12-13,23H,9-11H2,(H,21,22). The van der Waals surface area contributed by atoms with Crippen LogP contribution >= 0.6 is 0 Å². The number of hydrogen-bond donors (Lipinski definition) is 2. The third-order valence-electron chi connectivity index (χ3n) is 5.31. The number of para-hydroxylation sites is 1. The van der Waals surface area contributed by atoms with Crippen LogP contribution < -0.4 is 10.2 Å². The largest absolute Gasteiger partial charge is 0.371 e. The first-order valence-electron chi connectivity index (χ1n) is 8.52. The minimum Gasteiger partial charge on any atom is -0.371 e. The number of carbonyl (C=O) groups excluding carboxylic acids is 1. The summed E-state index contributed by atoms with van der Waals surface area (Å²) >= 11 is 0. The molecular formula is C20H18N4O. The Morgan fingerprint density at radius 3 is 2.64 bits per heavy atom. The molecule has 1 aromatic heterocycles. The van der Waals surface area contributed by atoms with Crippen LogP contribution in [0.5, 0.6) is 0 Å². The summed E-state index contributed by atoms with van der Waals surface area (Å²) < 4.78 is 0. The highest BCUT2D eigenvalue weighted by atomic mass is 16.2. The second-order valence-corrected chi connectivity index (χ2v) is 6.78. The molecule has 5 heteroatoms. The average Bonchev–Trinajstić information content (AvgIpc) is 3.36. The molecule has 0 bridgehead atoms. The van der Waals surface area contributed by atoms with Crippen LogP contribution in [0.3, 0.4) is 0 Å². The van der Waals surface area contributed by atoms with Crippen molar-refractivity contribution in [1.29, 1.82) is 0 Å². The molecule has 1 spiro atoms. The molecule has 2 aromatic carbocycles. The number of fused-ring (bicyclic) bond motifs is 1. The summed E-state index contributed by atoms with van der Waals surface area (Å²) in [5, 5.41) is 10.3. The van der Waals surface area contributed by atoms with Gasteiger partial charge in [0.1, 0.15) is 5.54 Å². The van der Waals surface area contributed by atoms with Crippen LogP contribution in [0.4, 0.5) is 11.4 Å². The molecular weight excluding hydrogens is 312 g/mol. The number of aromatic amines is 1. The van der Waals surface area contributed by atoms with Crippen LogP contribution in [0.2, 0.25) is 0 Å². The Hall–Kier alpha value is -3.08. The molecule has 2 aliphatic heterocycles. The van der Waals surface area contributed by atoms with E-state index in [-0.39, 0.29) is 5.91 Å². The number of H-pyrrole nitrogens is 1. The molecule has 3 aromatic rings. The van der Waals surface area contributed by atoms with Gasteiger partial charge >= 0.3 is 0 Å². The smallest absolute Gasteiger partial charge is 0.253 e. The third kappa shape index (κ3) is 2.16. The molecule has 1 amide bonds. The molecule has 0 saturated carbocycles. The van der Waals surface area contributed by atoms with E-state index in [1.807, 2.05) is 47.5 Å². The first-order chi connectivity index (χ1) is 12.3. The van der Waals surface area contributed by atoms with Crippen molar-refractivity contribution in [3.05, 3.63) is 66.5 Å². The van der Waals surface area contributed by atoms with Gasteiger partial charge in [0.05, 0.1) is 6.20 Å². The lowest BCUT2D eigenvalue weighted by atomic mass is 9.93. The molecule has 1 unspecified atom stereocenters. The van der Waals surface area contributed by atoms with E-state index in [2.05, 4.69) is 27.6 Å². The fourth-order valence-electron chi connectivity index (χ4n) is 3.96. The summed E-state index contributed by atoms with van der Waals surface area (Å²) in [6.45, 7) is 0.741. The van der Waals surface area contributed by atoms with E-state index in [9.17, 15) is 4.79 Å². The van der Waals surface area contributed by atoms with Crippen LogP contribution in [0.1, 0.15) is 12.0 Å². The minimum atomic E-state index is -0.479. The van der Waals surface area contributed by atoms with Crippen LogP contribution in [0.15, 0.2) is 60.9 Å². The predicted molar refractivity (Wildman–Crippen MR) is 97.5 cm³/mol. The molecule has 2 N–H and O–H groups in total. The summed E-state index contributed by atoms with van der Waals surface area (Å²) in [6.07, 6.45) is 5.25. The normalized spacial score (nSPS) is 21.6. The van der Waals surface area contributed by atoms with Crippen molar-refractivity contribution in [1.82, 2.24) is 10.2 Å². The van der Waals surface area contributed by atoms with Crippen LogP contribution in [-0.2, 0) is 11.2 Å². The molecule has 1 saturated heterocycles. The van der Waals surface area contributed by atoms with E-state index in [0.29, 0.717) is 0 Å². The molecule has 0 radical (unpaired) electrons. The van der Waals surface area contributed by atoms with Crippen molar-refractivity contribution in [2.24, 2.45) is 0 Å². The third-order valence-corrected chi connectivity index (χ3v) is 5.31. The van der Waals surface area contributed by atoms with Crippen molar-refractivity contribution in [3.63, 3.8) is 0 Å². The lowest BCUT2D eigenvalue weighted by molar-refractivity contribution is -0.120. The topological polar surface area (TPSA) is 61.0 Å². The first-order valence-corrected chi connectivity index (χ1v) is 8.52. The van der Waals surface area contributed by atoms with Crippen molar-refractivity contribution in [2.75, 3.05) is 16.8 Å². The number of anilines is 2. The number of aromatic nitrogens is 2. The average molecular weight is 330 g/mol. The maximum atomic E-state index is 13.2. The summed E-state index contributed by atoms with van der Waals surface area (Å²) in [4.78, 5) is 15.1. The van der Waals surface area contributed by atoms with Crippen molar-refractivity contribution in [2.45, 2.75) is 18.4 Å². The Balaban J connectivity index is 1.41. The van der Waals surface area contributed by atoms with E-state index in [4.69, 9.17) is 0 Å². The zero-order valence-corrected chi connectivity index (χ0v) is 13.7. The van der Waals surface area contributed by atoms with Gasteiger partial charge in [-0.05, 0) is 35.7 Å². The van der Waals surface area contributed by atoms with Gasteiger partial charge in [0.15, 0.2) is 0 Å². The van der Waals surface area contributed by atoms with Crippen LogP contribution in [0.25, 0.3) is 11.1 Å². The Morgan fingerprint density at radius 2 is 1.88 bits per heavy atom. The van der Waals surface area contributed by atoms with Gasteiger partial charge in [0, 0.05) is 36.1 Å². The molecule has 0 aliphatic carbocycles. The SMILES string of the molecule is O=C1N(c2ccc(-c3cn[nH]c3)cc2)CCC12Cc1ccccc1N2. The summed E-state index contributed by atoms with van der Waals surface area (Å²) in [7, 11) is 0. The van der Waals surface area contributed by atoms with E-state index < -0.39 is 5.54 Å². The van der Waals surface area contributed by atoms with E-state index >= 15 is 0 Å². The molecule has 124 valence electrons. The van der Waals surface area contributed by atoms with Gasteiger partial charge in [-0.1, -0.05) is 30.3 Å². The maximum absolute atomic E-state index is 13.2. The maximum Gasteiger partial charge on any atom is 0.253 e. The number of hydrogen-bond acceptors (Lipinski definition) is 3. The monoisotopic (exact) mass is 330 g/mol. The highest BCUT2D eigenvalue weighted by Crippen LogP contribution is 2.40. The molecule has 3 heterocycles. The zero-order chi connectivity index (χ0) is 16.9. The quantitative estimate of drug-likeness (QED) is 0.758. The summed E-state index contributed by atoms with van der Waals surface area (Å²) in [6, 6.07) is 16.3. The van der Waals surface area contributed by atoms with Gasteiger partial charge in [-0.15, -0.1) is 0 Å². The second kappa shape index (κ2) is 5.21. The van der Waals surface area contributed by atoms with Gasteiger partial charge in [0.2, 0.25) is 0 Å². The highest BCUT2D eigenvalue weighted by molar-refractivity contribution is 6.06. The van der Waals surface area contributed by atoms with Crippen LogP contribution in [0, 0.1) is 0 Å². The lowest BCUT2D eigenvalue weighted by Gasteiger charge is -2.24. The van der Waals surface area contributed by atoms with E-state index in [0.717, 1.165) is 41.9 Å². The molecule has 5 nitrogen and oxygen atoms in total. The number of rotatable bonds is 2.